The van der Waals surface area contributed by atoms with E-state index in [-0.39, 0.29) is 30.5 Å². The van der Waals surface area contributed by atoms with Crippen molar-refractivity contribution in [2.45, 2.75) is 83.7 Å². The molecule has 1 fully saturated rings. The molecule has 1 rings (SSSR count). The highest BCUT2D eigenvalue weighted by atomic mass is 16.4. The summed E-state index contributed by atoms with van der Waals surface area (Å²) >= 11 is 0. The van der Waals surface area contributed by atoms with Gasteiger partial charge in [0, 0.05) is 18.8 Å². The molecule has 0 spiro atoms. The predicted molar refractivity (Wildman–Crippen MR) is 91.2 cm³/mol. The number of allylic oxidation sites excluding steroid dienone is 2. The van der Waals surface area contributed by atoms with Gasteiger partial charge in [0.05, 0.1) is 6.10 Å². The Morgan fingerprint density at radius 2 is 1.96 bits per heavy atom. The van der Waals surface area contributed by atoms with Crippen molar-refractivity contribution in [3.63, 3.8) is 0 Å². The summed E-state index contributed by atoms with van der Waals surface area (Å²) < 4.78 is 0. The Balaban J connectivity index is 2.33. The third-order valence-corrected chi connectivity index (χ3v) is 4.79. The number of carbonyl (C=O) groups excluding carboxylic acids is 1. The van der Waals surface area contributed by atoms with Crippen molar-refractivity contribution in [2.75, 3.05) is 0 Å². The second kappa shape index (κ2) is 11.4. The molecule has 4 heteroatoms. The van der Waals surface area contributed by atoms with Gasteiger partial charge in [0.2, 0.25) is 0 Å². The van der Waals surface area contributed by atoms with Crippen LogP contribution in [0.1, 0.15) is 77.6 Å². The first-order chi connectivity index (χ1) is 11.1. The van der Waals surface area contributed by atoms with E-state index in [4.69, 9.17) is 5.11 Å². The average molecular weight is 324 g/mol. The van der Waals surface area contributed by atoms with Gasteiger partial charge in [0.1, 0.15) is 5.78 Å². The maximum Gasteiger partial charge on any atom is 0.303 e. The van der Waals surface area contributed by atoms with Crippen molar-refractivity contribution >= 4 is 11.8 Å². The quantitative estimate of drug-likeness (QED) is 0.418. The Hall–Kier alpha value is -1.16. The van der Waals surface area contributed by atoms with E-state index < -0.39 is 12.1 Å². The predicted octanol–water partition coefficient (Wildman–Crippen LogP) is 4.11. The number of unbranched alkanes of at least 4 members (excludes halogenated alkanes) is 5. The summed E-state index contributed by atoms with van der Waals surface area (Å²) in [5.41, 5.74) is 0. The fourth-order valence-corrected chi connectivity index (χ4v) is 3.41. The number of aliphatic carboxylic acids is 1. The van der Waals surface area contributed by atoms with Crippen LogP contribution in [0.3, 0.4) is 0 Å². The molecule has 0 radical (unpaired) electrons. The summed E-state index contributed by atoms with van der Waals surface area (Å²) in [6.07, 6.45) is 12.9. The van der Waals surface area contributed by atoms with Crippen molar-refractivity contribution in [1.82, 2.24) is 0 Å². The van der Waals surface area contributed by atoms with E-state index in [9.17, 15) is 14.7 Å². The van der Waals surface area contributed by atoms with Gasteiger partial charge in [-0.3, -0.25) is 9.59 Å². The van der Waals surface area contributed by atoms with Gasteiger partial charge in [0.15, 0.2) is 0 Å². The van der Waals surface area contributed by atoms with Crippen LogP contribution in [-0.2, 0) is 9.59 Å². The van der Waals surface area contributed by atoms with Crippen LogP contribution < -0.4 is 0 Å². The molecular formula is C19H32O4. The average Bonchev–Trinajstić information content (AvgIpc) is 2.76. The van der Waals surface area contributed by atoms with Gasteiger partial charge in [-0.05, 0) is 38.0 Å². The largest absolute Gasteiger partial charge is 0.481 e. The van der Waals surface area contributed by atoms with Crippen molar-refractivity contribution < 1.29 is 19.8 Å². The van der Waals surface area contributed by atoms with Gasteiger partial charge in [-0.2, -0.15) is 0 Å². The molecule has 2 N–H and O–H groups in total. The topological polar surface area (TPSA) is 74.6 Å². The zero-order valence-electron chi connectivity index (χ0n) is 14.4. The molecule has 0 unspecified atom stereocenters. The molecule has 1 saturated carbocycles. The molecule has 0 saturated heterocycles. The van der Waals surface area contributed by atoms with Crippen LogP contribution >= 0.6 is 0 Å². The minimum Gasteiger partial charge on any atom is -0.481 e. The maximum atomic E-state index is 12.1. The lowest BCUT2D eigenvalue weighted by molar-refractivity contribution is -0.137. The number of aliphatic hydroxyl groups excluding tert-OH is 1. The molecule has 3 atom stereocenters. The molecule has 1 aliphatic carbocycles. The Kier molecular flexibility index (Phi) is 9.85. The van der Waals surface area contributed by atoms with Gasteiger partial charge in [0.25, 0.3) is 0 Å². The molecule has 0 aromatic heterocycles. The fourth-order valence-electron chi connectivity index (χ4n) is 3.41. The van der Waals surface area contributed by atoms with Crippen LogP contribution in [0.4, 0.5) is 0 Å². The Morgan fingerprint density at radius 3 is 2.65 bits per heavy atom. The van der Waals surface area contributed by atoms with Gasteiger partial charge in [-0.1, -0.05) is 44.8 Å². The lowest BCUT2D eigenvalue weighted by atomic mass is 9.86. The smallest absolute Gasteiger partial charge is 0.303 e. The normalized spacial score (nSPS) is 24.6. The minimum atomic E-state index is -0.761. The van der Waals surface area contributed by atoms with Crippen LogP contribution in [0.2, 0.25) is 0 Å². The van der Waals surface area contributed by atoms with Gasteiger partial charge < -0.3 is 10.2 Å². The third kappa shape index (κ3) is 7.78. The zero-order chi connectivity index (χ0) is 17.1. The summed E-state index contributed by atoms with van der Waals surface area (Å²) in [7, 11) is 0. The molecule has 0 amide bonds. The Labute approximate surface area is 140 Å². The van der Waals surface area contributed by atoms with E-state index in [1.54, 1.807) is 0 Å². The third-order valence-electron chi connectivity index (χ3n) is 4.79. The highest BCUT2D eigenvalue weighted by molar-refractivity contribution is 5.84. The second-order valence-corrected chi connectivity index (χ2v) is 6.70. The first-order valence-electron chi connectivity index (χ1n) is 9.13. The summed E-state index contributed by atoms with van der Waals surface area (Å²) in [4.78, 5) is 22.5. The molecule has 0 aromatic rings. The van der Waals surface area contributed by atoms with Crippen LogP contribution in [-0.4, -0.2) is 28.1 Å². The van der Waals surface area contributed by atoms with Crippen LogP contribution in [0.5, 0.6) is 0 Å². The van der Waals surface area contributed by atoms with Gasteiger partial charge >= 0.3 is 5.97 Å². The number of rotatable bonds is 12. The number of carbonyl (C=O) groups is 2. The number of ketones is 1. The molecule has 23 heavy (non-hydrogen) atoms. The summed E-state index contributed by atoms with van der Waals surface area (Å²) in [6.45, 7) is 2.19. The van der Waals surface area contributed by atoms with E-state index in [1.165, 1.54) is 19.3 Å². The van der Waals surface area contributed by atoms with Gasteiger partial charge in [-0.25, -0.2) is 0 Å². The molecule has 132 valence electrons. The highest BCUT2D eigenvalue weighted by Gasteiger charge is 2.39. The highest BCUT2D eigenvalue weighted by Crippen LogP contribution is 2.35. The molecule has 0 aliphatic heterocycles. The number of hydrogen-bond acceptors (Lipinski definition) is 3. The Bertz CT molecular complexity index is 389. The fraction of sp³-hybridized carbons (Fsp3) is 0.789. The second-order valence-electron chi connectivity index (χ2n) is 6.70. The summed E-state index contributed by atoms with van der Waals surface area (Å²) in [6, 6.07) is 0. The monoisotopic (exact) mass is 324 g/mol. The molecule has 1 aliphatic rings. The van der Waals surface area contributed by atoms with Crippen LogP contribution in [0.25, 0.3) is 0 Å². The number of Topliss-reactive ketones (excluding diaryl/α,β-unsaturated/α-hetero) is 1. The first kappa shape index (κ1) is 19.9. The summed E-state index contributed by atoms with van der Waals surface area (Å²) in [5.74, 6) is -0.580. The molecule has 0 heterocycles. The number of aliphatic hydroxyl groups is 1. The number of hydrogen-bond donors (Lipinski definition) is 2. The molecular weight excluding hydrogens is 292 g/mol. The first-order valence-corrected chi connectivity index (χ1v) is 9.13. The van der Waals surface area contributed by atoms with Crippen molar-refractivity contribution in [3.05, 3.63) is 12.2 Å². The standard InChI is InChI=1S/C19H32O4/c1-2-3-4-5-6-8-11-15-16(18(21)14-17(15)20)12-9-7-10-13-19(22)23/h6,8,15-17,20H,2-5,7,9-14H2,1H3,(H,22,23)/t15-,16-,17-/m1/s1. The Morgan fingerprint density at radius 1 is 1.17 bits per heavy atom. The van der Waals surface area contributed by atoms with Crippen molar-refractivity contribution in [3.8, 4) is 0 Å². The lowest BCUT2D eigenvalue weighted by Gasteiger charge is -2.19. The zero-order valence-corrected chi connectivity index (χ0v) is 14.4. The van der Waals surface area contributed by atoms with E-state index in [1.807, 2.05) is 0 Å². The number of carboxylic acids is 1. The molecule has 4 nitrogen and oxygen atoms in total. The van der Waals surface area contributed by atoms with E-state index in [0.717, 1.165) is 32.1 Å². The van der Waals surface area contributed by atoms with E-state index >= 15 is 0 Å². The lowest BCUT2D eigenvalue weighted by Crippen LogP contribution is -2.20. The minimum absolute atomic E-state index is 0.0457. The van der Waals surface area contributed by atoms with Crippen molar-refractivity contribution in [2.24, 2.45) is 11.8 Å². The molecule has 0 aromatic carbocycles. The van der Waals surface area contributed by atoms with E-state index in [2.05, 4.69) is 19.1 Å². The van der Waals surface area contributed by atoms with Crippen LogP contribution in [0, 0.1) is 11.8 Å². The molecule has 0 bridgehead atoms. The van der Waals surface area contributed by atoms with E-state index in [0.29, 0.717) is 6.42 Å². The number of carboxylic acid groups (broad SMARTS) is 1. The van der Waals surface area contributed by atoms with Gasteiger partial charge in [-0.15, -0.1) is 0 Å². The SMILES string of the molecule is CCCCCC=CC[C@H]1[C@H](O)CC(=O)[C@@H]1CCCCCC(=O)O. The summed E-state index contributed by atoms with van der Waals surface area (Å²) in [5, 5.41) is 18.7. The maximum absolute atomic E-state index is 12.1. The van der Waals surface area contributed by atoms with Crippen molar-refractivity contribution in [1.29, 1.82) is 0 Å². The van der Waals surface area contributed by atoms with Crippen LogP contribution in [0.15, 0.2) is 12.2 Å².